The molecule has 37 heavy (non-hydrogen) atoms. The number of hydrogen-bond donors (Lipinski definition) is 1. The third kappa shape index (κ3) is 5.16. The number of ether oxygens (including phenoxy) is 2. The number of carbonyl (C=O) groups excluding carboxylic acids is 2. The number of nitrogens with one attached hydrogen (secondary N) is 1. The van der Waals surface area contributed by atoms with Gasteiger partial charge in [-0.2, -0.15) is 0 Å². The Labute approximate surface area is 214 Å². The molecule has 1 aliphatic rings. The maximum atomic E-state index is 13.1. The number of rotatable bonds is 8. The van der Waals surface area contributed by atoms with E-state index in [1.165, 1.54) is 18.2 Å². The number of fused-ring (bicyclic) bond motifs is 1. The Balaban J connectivity index is 1.87. The zero-order valence-corrected chi connectivity index (χ0v) is 20.7. The lowest BCUT2D eigenvalue weighted by Crippen LogP contribution is -2.32. The predicted molar refractivity (Wildman–Crippen MR) is 142 cm³/mol. The van der Waals surface area contributed by atoms with Crippen LogP contribution < -0.4 is 10.7 Å². The van der Waals surface area contributed by atoms with Gasteiger partial charge >= 0.3 is 11.9 Å². The standard InChI is InChI=1S/C30H27NO6/c1-5-14-35-29(33)26-18(3)31-19(4)27(30(34)36-15-6-2)28(26)21-12-13-24-22(16-21)23(32)17-25(37-24)20-10-8-7-9-11-20/h5-13,16-17,28,31H,1-2,14-15H2,3-4H3. The van der Waals surface area contributed by atoms with E-state index in [9.17, 15) is 14.4 Å². The third-order valence-corrected chi connectivity index (χ3v) is 6.01. The summed E-state index contributed by atoms with van der Waals surface area (Å²) >= 11 is 0. The van der Waals surface area contributed by atoms with Crippen molar-refractivity contribution in [2.24, 2.45) is 0 Å². The van der Waals surface area contributed by atoms with Crippen molar-refractivity contribution in [1.29, 1.82) is 0 Å². The minimum atomic E-state index is -0.839. The van der Waals surface area contributed by atoms with Crippen molar-refractivity contribution < 1.29 is 23.5 Å². The Morgan fingerprint density at radius 3 is 2.08 bits per heavy atom. The van der Waals surface area contributed by atoms with Crippen molar-refractivity contribution >= 4 is 22.9 Å². The van der Waals surface area contributed by atoms with Crippen LogP contribution in [0.15, 0.2) is 112 Å². The Bertz CT molecular complexity index is 1460. The van der Waals surface area contributed by atoms with Gasteiger partial charge in [-0.05, 0) is 31.5 Å². The lowest BCUT2D eigenvalue weighted by atomic mass is 9.80. The Morgan fingerprint density at radius 2 is 1.51 bits per heavy atom. The zero-order valence-electron chi connectivity index (χ0n) is 20.7. The van der Waals surface area contributed by atoms with Crippen LogP contribution in [-0.4, -0.2) is 25.2 Å². The maximum absolute atomic E-state index is 13.1. The van der Waals surface area contributed by atoms with E-state index in [1.54, 1.807) is 32.0 Å². The second-order valence-electron chi connectivity index (χ2n) is 8.51. The van der Waals surface area contributed by atoms with Crippen molar-refractivity contribution in [1.82, 2.24) is 5.32 Å². The summed E-state index contributed by atoms with van der Waals surface area (Å²) in [7, 11) is 0. The van der Waals surface area contributed by atoms with Gasteiger partial charge in [0.2, 0.25) is 0 Å². The van der Waals surface area contributed by atoms with Gasteiger partial charge in [-0.25, -0.2) is 9.59 Å². The molecule has 188 valence electrons. The van der Waals surface area contributed by atoms with Crippen LogP contribution >= 0.6 is 0 Å². The molecule has 0 fully saturated rings. The lowest BCUT2D eigenvalue weighted by molar-refractivity contribution is -0.138. The van der Waals surface area contributed by atoms with Gasteiger partial charge in [0.1, 0.15) is 24.6 Å². The first-order chi connectivity index (χ1) is 17.8. The van der Waals surface area contributed by atoms with E-state index >= 15 is 0 Å². The van der Waals surface area contributed by atoms with Crippen molar-refractivity contribution in [3.8, 4) is 11.3 Å². The first-order valence-corrected chi connectivity index (χ1v) is 11.7. The van der Waals surface area contributed by atoms with Crippen LogP contribution in [0.5, 0.6) is 0 Å². The van der Waals surface area contributed by atoms with Crippen molar-refractivity contribution in [3.05, 3.63) is 118 Å². The van der Waals surface area contributed by atoms with Crippen LogP contribution in [-0.2, 0) is 19.1 Å². The van der Waals surface area contributed by atoms with Crippen LogP contribution in [0.25, 0.3) is 22.3 Å². The summed E-state index contributed by atoms with van der Waals surface area (Å²) < 4.78 is 16.7. The number of dihydropyridines is 1. The SMILES string of the molecule is C=CCOC(=O)C1=C(C)NC(C)=C(C(=O)OCC=C)C1c1ccc2oc(-c3ccccc3)cc(=O)c2c1. The van der Waals surface area contributed by atoms with E-state index in [2.05, 4.69) is 18.5 Å². The summed E-state index contributed by atoms with van der Waals surface area (Å²) in [6.07, 6.45) is 2.93. The largest absolute Gasteiger partial charge is 0.458 e. The molecule has 2 aromatic carbocycles. The number of hydrogen-bond acceptors (Lipinski definition) is 7. The molecule has 1 aromatic heterocycles. The average molecular weight is 498 g/mol. The normalized spacial score (nSPS) is 13.8. The Hall–Kier alpha value is -4.65. The summed E-state index contributed by atoms with van der Waals surface area (Å²) in [4.78, 5) is 39.4. The highest BCUT2D eigenvalue weighted by Crippen LogP contribution is 2.40. The molecule has 0 radical (unpaired) electrons. The molecule has 1 aliphatic heterocycles. The summed E-state index contributed by atoms with van der Waals surface area (Å²) in [6.45, 7) is 10.6. The second-order valence-corrected chi connectivity index (χ2v) is 8.51. The van der Waals surface area contributed by atoms with E-state index in [4.69, 9.17) is 13.9 Å². The van der Waals surface area contributed by atoms with E-state index in [0.717, 1.165) is 5.56 Å². The molecule has 0 bridgehead atoms. The van der Waals surface area contributed by atoms with Gasteiger partial charge in [-0.15, -0.1) is 0 Å². The number of carbonyl (C=O) groups is 2. The van der Waals surface area contributed by atoms with Crippen LogP contribution in [0.1, 0.15) is 25.3 Å². The molecule has 0 atom stereocenters. The van der Waals surface area contributed by atoms with Crippen LogP contribution in [0.3, 0.4) is 0 Å². The number of esters is 2. The van der Waals surface area contributed by atoms with Gasteiger partial charge in [-0.3, -0.25) is 4.79 Å². The zero-order chi connectivity index (χ0) is 26.5. The monoisotopic (exact) mass is 497 g/mol. The second kappa shape index (κ2) is 11.0. The Morgan fingerprint density at radius 1 is 0.919 bits per heavy atom. The molecule has 0 spiro atoms. The molecule has 7 heteroatoms. The number of allylic oxidation sites excluding steroid dienone is 2. The highest BCUT2D eigenvalue weighted by molar-refractivity contribution is 6.00. The summed E-state index contributed by atoms with van der Waals surface area (Å²) in [6, 6.07) is 15.8. The molecule has 1 N–H and O–H groups in total. The topological polar surface area (TPSA) is 94.8 Å². The van der Waals surface area contributed by atoms with Crippen molar-refractivity contribution in [2.45, 2.75) is 19.8 Å². The molecule has 0 unspecified atom stereocenters. The molecule has 3 aromatic rings. The highest BCUT2D eigenvalue weighted by Gasteiger charge is 2.38. The van der Waals surface area contributed by atoms with Crippen LogP contribution in [0.2, 0.25) is 0 Å². The average Bonchev–Trinajstić information content (AvgIpc) is 2.90. The van der Waals surface area contributed by atoms with Gasteiger partial charge in [0.25, 0.3) is 0 Å². The Kier molecular flexibility index (Phi) is 7.53. The van der Waals surface area contributed by atoms with E-state index in [1.807, 2.05) is 30.3 Å². The molecule has 0 saturated heterocycles. The quantitative estimate of drug-likeness (QED) is 0.340. The fourth-order valence-electron chi connectivity index (χ4n) is 4.39. The molecule has 2 heterocycles. The third-order valence-electron chi connectivity index (χ3n) is 6.01. The minimum absolute atomic E-state index is 0.00481. The smallest absolute Gasteiger partial charge is 0.337 e. The van der Waals surface area contributed by atoms with Crippen molar-refractivity contribution in [2.75, 3.05) is 13.2 Å². The van der Waals surface area contributed by atoms with Gasteiger partial charge in [-0.1, -0.05) is 61.7 Å². The molecule has 4 rings (SSSR count). The van der Waals surface area contributed by atoms with Gasteiger partial charge in [0.15, 0.2) is 5.43 Å². The number of benzene rings is 2. The highest BCUT2D eigenvalue weighted by atomic mass is 16.5. The molecular formula is C30H27NO6. The van der Waals surface area contributed by atoms with E-state index in [-0.39, 0.29) is 29.8 Å². The predicted octanol–water partition coefficient (Wildman–Crippen LogP) is 5.15. The molecule has 7 nitrogen and oxygen atoms in total. The van der Waals surface area contributed by atoms with Crippen molar-refractivity contribution in [3.63, 3.8) is 0 Å². The molecular weight excluding hydrogens is 470 g/mol. The fourth-order valence-corrected chi connectivity index (χ4v) is 4.39. The van der Waals surface area contributed by atoms with Gasteiger partial charge in [0.05, 0.1) is 22.5 Å². The lowest BCUT2D eigenvalue weighted by Gasteiger charge is -2.30. The van der Waals surface area contributed by atoms with E-state index in [0.29, 0.717) is 33.7 Å². The molecule has 0 aliphatic carbocycles. The summed E-state index contributed by atoms with van der Waals surface area (Å²) in [5, 5.41) is 3.42. The molecule has 0 saturated carbocycles. The fraction of sp³-hybridized carbons (Fsp3) is 0.167. The van der Waals surface area contributed by atoms with Crippen LogP contribution in [0.4, 0.5) is 0 Å². The maximum Gasteiger partial charge on any atom is 0.337 e. The minimum Gasteiger partial charge on any atom is -0.458 e. The van der Waals surface area contributed by atoms with Crippen LogP contribution in [0, 0.1) is 0 Å². The first-order valence-electron chi connectivity index (χ1n) is 11.7. The van der Waals surface area contributed by atoms with Gasteiger partial charge in [0, 0.05) is 23.0 Å². The summed E-state index contributed by atoms with van der Waals surface area (Å²) in [5.74, 6) is -1.61. The van der Waals surface area contributed by atoms with Gasteiger partial charge < -0.3 is 19.2 Å². The first kappa shape index (κ1) is 25.4. The molecule has 0 amide bonds. The van der Waals surface area contributed by atoms with E-state index < -0.39 is 17.9 Å². The summed E-state index contributed by atoms with van der Waals surface area (Å²) in [5.41, 5.74) is 3.00.